The van der Waals surface area contributed by atoms with Crippen LogP contribution in [-0.4, -0.2) is 16.2 Å². The monoisotopic (exact) mass is 209 g/mol. The molecule has 0 amide bonds. The molecule has 0 saturated carbocycles. The molecular weight excluding hydrogens is 194 g/mol. The summed E-state index contributed by atoms with van der Waals surface area (Å²) >= 11 is 5.16. The van der Waals surface area contributed by atoms with E-state index in [0.29, 0.717) is 4.99 Å². The van der Waals surface area contributed by atoms with E-state index >= 15 is 0 Å². The molecule has 0 fully saturated rings. The summed E-state index contributed by atoms with van der Waals surface area (Å²) in [6.07, 6.45) is -0.418. The first-order valence-electron chi connectivity index (χ1n) is 4.65. The molecule has 0 bridgehead atoms. The molecule has 0 unspecified atom stereocenters. The number of nitrogens with one attached hydrogen (secondary N) is 1. The van der Waals surface area contributed by atoms with Crippen molar-refractivity contribution in [3.05, 3.63) is 30.3 Å². The van der Waals surface area contributed by atoms with Crippen molar-refractivity contribution in [2.75, 3.05) is 5.32 Å². The molecule has 76 valence electrons. The van der Waals surface area contributed by atoms with Gasteiger partial charge in [-0.05, 0) is 19.1 Å². The van der Waals surface area contributed by atoms with Crippen molar-refractivity contribution in [3.63, 3.8) is 0 Å². The predicted octanol–water partition coefficient (Wildman–Crippen LogP) is 2.44. The molecule has 3 heteroatoms. The standard InChI is InChI=1S/C11H15NOS/c1-8(9(2)13)11(14)12-10-6-4-3-5-7-10/h3-9,13H,1-2H3,(H,12,14)/t8-,9-/m1/s1. The van der Waals surface area contributed by atoms with Gasteiger partial charge in [-0.15, -0.1) is 0 Å². The lowest BCUT2D eigenvalue weighted by atomic mass is 10.1. The van der Waals surface area contributed by atoms with Gasteiger partial charge in [-0.3, -0.25) is 0 Å². The summed E-state index contributed by atoms with van der Waals surface area (Å²) in [6, 6.07) is 9.73. The summed E-state index contributed by atoms with van der Waals surface area (Å²) < 4.78 is 0. The predicted molar refractivity (Wildman–Crippen MR) is 63.5 cm³/mol. The molecule has 2 N–H and O–H groups in total. The lowest BCUT2D eigenvalue weighted by Gasteiger charge is -2.17. The molecule has 0 aliphatic carbocycles. The fraction of sp³-hybridized carbons (Fsp3) is 0.364. The van der Waals surface area contributed by atoms with E-state index in [1.807, 2.05) is 37.3 Å². The Hall–Kier alpha value is -0.930. The third-order valence-corrected chi connectivity index (χ3v) is 2.65. The van der Waals surface area contributed by atoms with Crippen molar-refractivity contribution in [2.24, 2.45) is 5.92 Å². The number of hydrogen-bond acceptors (Lipinski definition) is 2. The van der Waals surface area contributed by atoms with Gasteiger partial charge < -0.3 is 10.4 Å². The summed E-state index contributed by atoms with van der Waals surface area (Å²) in [4.78, 5) is 0.672. The van der Waals surface area contributed by atoms with Crippen LogP contribution in [-0.2, 0) is 0 Å². The molecule has 1 rings (SSSR count). The van der Waals surface area contributed by atoms with Gasteiger partial charge in [-0.1, -0.05) is 37.3 Å². The minimum absolute atomic E-state index is 0.0230. The molecule has 2 atom stereocenters. The van der Waals surface area contributed by atoms with Crippen LogP contribution in [0.1, 0.15) is 13.8 Å². The molecule has 0 aromatic heterocycles. The molecule has 2 nitrogen and oxygen atoms in total. The minimum Gasteiger partial charge on any atom is -0.393 e. The SMILES string of the molecule is C[C@@H](O)[C@@H](C)C(=S)Nc1ccccc1. The third-order valence-electron chi connectivity index (χ3n) is 2.18. The molecule has 0 radical (unpaired) electrons. The molecule has 1 aromatic rings. The largest absolute Gasteiger partial charge is 0.393 e. The summed E-state index contributed by atoms with van der Waals surface area (Å²) in [5.41, 5.74) is 0.963. The highest BCUT2D eigenvalue weighted by Crippen LogP contribution is 2.11. The Kier molecular flexibility index (Phi) is 4.04. The first-order chi connectivity index (χ1) is 6.61. The fourth-order valence-corrected chi connectivity index (χ4v) is 1.31. The van der Waals surface area contributed by atoms with Crippen molar-refractivity contribution in [1.82, 2.24) is 0 Å². The van der Waals surface area contributed by atoms with Crippen LogP contribution in [0.15, 0.2) is 30.3 Å². The van der Waals surface area contributed by atoms with Gasteiger partial charge in [-0.25, -0.2) is 0 Å². The van der Waals surface area contributed by atoms with Gasteiger partial charge in [0.15, 0.2) is 0 Å². The highest BCUT2D eigenvalue weighted by atomic mass is 32.1. The summed E-state index contributed by atoms with van der Waals surface area (Å²) in [6.45, 7) is 3.65. The number of aliphatic hydroxyl groups excluding tert-OH is 1. The summed E-state index contributed by atoms with van der Waals surface area (Å²) in [5, 5.41) is 12.4. The molecule has 0 aliphatic heterocycles. The second-order valence-electron chi connectivity index (χ2n) is 3.38. The lowest BCUT2D eigenvalue weighted by molar-refractivity contribution is 0.166. The topological polar surface area (TPSA) is 32.3 Å². The number of hydrogen-bond donors (Lipinski definition) is 2. The normalized spacial score (nSPS) is 14.5. The molecule has 14 heavy (non-hydrogen) atoms. The zero-order valence-electron chi connectivity index (χ0n) is 8.40. The Bertz CT molecular complexity index is 297. The van der Waals surface area contributed by atoms with Gasteiger partial charge in [0.05, 0.1) is 11.1 Å². The molecule has 0 saturated heterocycles. The van der Waals surface area contributed by atoms with Crippen LogP contribution in [0.4, 0.5) is 5.69 Å². The van der Waals surface area contributed by atoms with E-state index in [0.717, 1.165) is 5.69 Å². The van der Waals surface area contributed by atoms with Gasteiger partial charge in [-0.2, -0.15) is 0 Å². The van der Waals surface area contributed by atoms with Crippen LogP contribution in [0, 0.1) is 5.92 Å². The molecule has 0 heterocycles. The van der Waals surface area contributed by atoms with Crippen molar-refractivity contribution < 1.29 is 5.11 Å². The summed E-state index contributed by atoms with van der Waals surface area (Å²) in [7, 11) is 0. The maximum absolute atomic E-state index is 9.34. The van der Waals surface area contributed by atoms with E-state index in [2.05, 4.69) is 5.32 Å². The highest BCUT2D eigenvalue weighted by Gasteiger charge is 2.13. The average molecular weight is 209 g/mol. The van der Waals surface area contributed by atoms with Gasteiger partial charge in [0, 0.05) is 11.6 Å². The van der Waals surface area contributed by atoms with Crippen molar-refractivity contribution >= 4 is 22.9 Å². The number of benzene rings is 1. The van der Waals surface area contributed by atoms with Crippen LogP contribution in [0.5, 0.6) is 0 Å². The highest BCUT2D eigenvalue weighted by molar-refractivity contribution is 7.80. The quantitative estimate of drug-likeness (QED) is 0.750. The first-order valence-corrected chi connectivity index (χ1v) is 5.06. The summed E-state index contributed by atoms with van der Waals surface area (Å²) in [5.74, 6) is -0.0230. The van der Waals surface area contributed by atoms with E-state index in [9.17, 15) is 5.11 Å². The van der Waals surface area contributed by atoms with Crippen molar-refractivity contribution in [3.8, 4) is 0 Å². The van der Waals surface area contributed by atoms with E-state index in [1.165, 1.54) is 0 Å². The zero-order valence-corrected chi connectivity index (χ0v) is 9.21. The van der Waals surface area contributed by atoms with E-state index < -0.39 is 6.10 Å². The van der Waals surface area contributed by atoms with Crippen LogP contribution in [0.2, 0.25) is 0 Å². The average Bonchev–Trinajstić information content (AvgIpc) is 2.18. The second kappa shape index (κ2) is 5.08. The van der Waals surface area contributed by atoms with Crippen LogP contribution >= 0.6 is 12.2 Å². The lowest BCUT2D eigenvalue weighted by Crippen LogP contribution is -2.26. The molecular formula is C11H15NOS. The van der Waals surface area contributed by atoms with Crippen LogP contribution in [0.25, 0.3) is 0 Å². The van der Waals surface area contributed by atoms with Gasteiger partial charge in [0.25, 0.3) is 0 Å². The number of para-hydroxylation sites is 1. The van der Waals surface area contributed by atoms with Crippen LogP contribution < -0.4 is 5.32 Å². The Morgan fingerprint density at radius 3 is 2.36 bits per heavy atom. The van der Waals surface area contributed by atoms with Crippen molar-refractivity contribution in [2.45, 2.75) is 20.0 Å². The Labute approximate surface area is 90.0 Å². The van der Waals surface area contributed by atoms with E-state index in [-0.39, 0.29) is 5.92 Å². The van der Waals surface area contributed by atoms with Crippen molar-refractivity contribution in [1.29, 1.82) is 0 Å². The fourth-order valence-electron chi connectivity index (χ4n) is 0.997. The maximum Gasteiger partial charge on any atom is 0.0851 e. The number of rotatable bonds is 3. The molecule has 0 spiro atoms. The van der Waals surface area contributed by atoms with Crippen LogP contribution in [0.3, 0.4) is 0 Å². The number of thiocarbonyl (C=S) groups is 1. The Balaban J connectivity index is 2.58. The van der Waals surface area contributed by atoms with E-state index in [4.69, 9.17) is 12.2 Å². The smallest absolute Gasteiger partial charge is 0.0851 e. The molecule has 0 aliphatic rings. The van der Waals surface area contributed by atoms with Gasteiger partial charge >= 0.3 is 0 Å². The second-order valence-corrected chi connectivity index (χ2v) is 3.82. The molecule has 1 aromatic carbocycles. The Morgan fingerprint density at radius 2 is 1.86 bits per heavy atom. The number of aliphatic hydroxyl groups is 1. The van der Waals surface area contributed by atoms with E-state index in [1.54, 1.807) is 6.92 Å². The van der Waals surface area contributed by atoms with Gasteiger partial charge in [0.2, 0.25) is 0 Å². The first kappa shape index (κ1) is 11.1. The maximum atomic E-state index is 9.34. The Morgan fingerprint density at radius 1 is 1.29 bits per heavy atom. The third kappa shape index (κ3) is 3.09. The zero-order chi connectivity index (χ0) is 10.6. The minimum atomic E-state index is -0.418. The van der Waals surface area contributed by atoms with Gasteiger partial charge in [0.1, 0.15) is 0 Å². The number of anilines is 1.